The molecule has 0 spiro atoms. The van der Waals surface area contributed by atoms with Crippen LogP contribution in [-0.4, -0.2) is 38.7 Å². The molecule has 1 saturated heterocycles. The van der Waals surface area contributed by atoms with Crippen molar-refractivity contribution in [3.05, 3.63) is 22.1 Å². The third-order valence-electron chi connectivity index (χ3n) is 3.71. The van der Waals surface area contributed by atoms with Gasteiger partial charge in [0.05, 0.1) is 5.25 Å². The molecule has 0 aromatic carbocycles. The van der Waals surface area contributed by atoms with Gasteiger partial charge in [0, 0.05) is 31.9 Å². The van der Waals surface area contributed by atoms with E-state index in [1.54, 1.807) is 7.05 Å². The van der Waals surface area contributed by atoms with Crippen LogP contribution in [0.5, 0.6) is 0 Å². The number of rotatable bonds is 5. The molecule has 5 nitrogen and oxygen atoms in total. The van der Waals surface area contributed by atoms with E-state index in [1.165, 1.54) is 22.4 Å². The standard InChI is InChI=1S/C15H23N3O2S/c1-4-7-12(14(20)18-8-5-6-9-18)21-15-16-11(2)10-13(19)17(15)3/h10,12H,4-9H2,1-3H3. The van der Waals surface area contributed by atoms with Gasteiger partial charge in [-0.3, -0.25) is 14.2 Å². The summed E-state index contributed by atoms with van der Waals surface area (Å²) in [5, 5.41) is 0.485. The molecule has 1 aliphatic rings. The second-order valence-electron chi connectivity index (χ2n) is 5.50. The molecule has 21 heavy (non-hydrogen) atoms. The monoisotopic (exact) mass is 309 g/mol. The first kappa shape index (κ1) is 16.1. The Hall–Kier alpha value is -1.30. The molecule has 1 atom stereocenters. The summed E-state index contributed by atoms with van der Waals surface area (Å²) in [4.78, 5) is 30.8. The molecular weight excluding hydrogens is 286 g/mol. The topological polar surface area (TPSA) is 55.2 Å². The molecule has 0 aliphatic carbocycles. The minimum atomic E-state index is -0.145. The molecule has 2 rings (SSSR count). The largest absolute Gasteiger partial charge is 0.342 e. The third-order valence-corrected chi connectivity index (χ3v) is 5.01. The van der Waals surface area contributed by atoms with Crippen molar-refractivity contribution in [2.24, 2.45) is 7.05 Å². The zero-order chi connectivity index (χ0) is 15.4. The van der Waals surface area contributed by atoms with Gasteiger partial charge in [-0.15, -0.1) is 0 Å². The van der Waals surface area contributed by atoms with Crippen molar-refractivity contribution < 1.29 is 4.79 Å². The maximum atomic E-state index is 12.6. The summed E-state index contributed by atoms with van der Waals surface area (Å²) in [5.74, 6) is 0.190. The third kappa shape index (κ3) is 3.87. The minimum Gasteiger partial charge on any atom is -0.342 e. The van der Waals surface area contributed by atoms with Gasteiger partial charge in [0.2, 0.25) is 5.91 Å². The van der Waals surface area contributed by atoms with E-state index in [2.05, 4.69) is 11.9 Å². The number of hydrogen-bond acceptors (Lipinski definition) is 4. The van der Waals surface area contributed by atoms with Crippen LogP contribution in [0, 0.1) is 6.92 Å². The van der Waals surface area contributed by atoms with Gasteiger partial charge < -0.3 is 4.90 Å². The van der Waals surface area contributed by atoms with E-state index in [1.807, 2.05) is 11.8 Å². The Morgan fingerprint density at radius 2 is 2.10 bits per heavy atom. The van der Waals surface area contributed by atoms with Crippen LogP contribution in [0.25, 0.3) is 0 Å². The molecule has 1 aromatic rings. The lowest BCUT2D eigenvalue weighted by atomic mass is 10.2. The van der Waals surface area contributed by atoms with E-state index in [9.17, 15) is 9.59 Å². The van der Waals surface area contributed by atoms with Gasteiger partial charge >= 0.3 is 0 Å². The van der Waals surface area contributed by atoms with Crippen LogP contribution in [0.4, 0.5) is 0 Å². The highest BCUT2D eigenvalue weighted by molar-refractivity contribution is 8.00. The Bertz CT molecular complexity index is 565. The number of likely N-dealkylation sites (tertiary alicyclic amines) is 1. The molecule has 6 heteroatoms. The molecule has 1 aliphatic heterocycles. The maximum Gasteiger partial charge on any atom is 0.254 e. The highest BCUT2D eigenvalue weighted by Gasteiger charge is 2.27. The Labute approximate surface area is 129 Å². The summed E-state index contributed by atoms with van der Waals surface area (Å²) in [6, 6.07) is 1.52. The number of aryl methyl sites for hydroxylation is 1. The van der Waals surface area contributed by atoms with Gasteiger partial charge in [0.1, 0.15) is 0 Å². The fraction of sp³-hybridized carbons (Fsp3) is 0.667. The lowest BCUT2D eigenvalue weighted by Crippen LogP contribution is -2.36. The first-order valence-corrected chi connectivity index (χ1v) is 8.41. The number of amides is 1. The highest BCUT2D eigenvalue weighted by atomic mass is 32.2. The number of nitrogens with zero attached hydrogens (tertiary/aromatic N) is 3. The summed E-state index contributed by atoms with van der Waals surface area (Å²) < 4.78 is 1.53. The predicted molar refractivity (Wildman–Crippen MR) is 84.6 cm³/mol. The fourth-order valence-electron chi connectivity index (χ4n) is 2.50. The number of aromatic nitrogens is 2. The van der Waals surface area contributed by atoms with Gasteiger partial charge in [0.15, 0.2) is 5.16 Å². The zero-order valence-corrected chi connectivity index (χ0v) is 13.8. The summed E-state index contributed by atoms with van der Waals surface area (Å²) in [6.07, 6.45) is 3.94. The molecule has 0 radical (unpaired) electrons. The molecular formula is C15H23N3O2S. The van der Waals surface area contributed by atoms with E-state index < -0.39 is 0 Å². The van der Waals surface area contributed by atoms with Crippen LogP contribution in [0.2, 0.25) is 0 Å². The van der Waals surface area contributed by atoms with Crippen molar-refractivity contribution in [3.63, 3.8) is 0 Å². The summed E-state index contributed by atoms with van der Waals surface area (Å²) in [7, 11) is 1.71. The lowest BCUT2D eigenvalue weighted by Gasteiger charge is -2.22. The van der Waals surface area contributed by atoms with Crippen LogP contribution < -0.4 is 5.56 Å². The quantitative estimate of drug-likeness (QED) is 0.616. The summed E-state index contributed by atoms with van der Waals surface area (Å²) in [5.41, 5.74) is 0.623. The highest BCUT2D eigenvalue weighted by Crippen LogP contribution is 2.26. The Kier molecular flexibility index (Phi) is 5.45. The van der Waals surface area contributed by atoms with E-state index in [-0.39, 0.29) is 16.7 Å². The Balaban J connectivity index is 2.19. The molecule has 0 saturated carbocycles. The van der Waals surface area contributed by atoms with Crippen molar-refractivity contribution in [1.29, 1.82) is 0 Å². The molecule has 0 bridgehead atoms. The van der Waals surface area contributed by atoms with Gasteiger partial charge in [-0.25, -0.2) is 4.98 Å². The minimum absolute atomic E-state index is 0.0751. The number of carbonyl (C=O) groups is 1. The zero-order valence-electron chi connectivity index (χ0n) is 13.0. The van der Waals surface area contributed by atoms with E-state index >= 15 is 0 Å². The van der Waals surface area contributed by atoms with Gasteiger partial charge in [-0.05, 0) is 26.2 Å². The van der Waals surface area contributed by atoms with Crippen LogP contribution in [0.3, 0.4) is 0 Å². The van der Waals surface area contributed by atoms with Gasteiger partial charge in [-0.2, -0.15) is 0 Å². The first-order chi connectivity index (χ1) is 10.0. The van der Waals surface area contributed by atoms with E-state index in [0.29, 0.717) is 10.9 Å². The normalized spacial score (nSPS) is 16.2. The first-order valence-electron chi connectivity index (χ1n) is 7.53. The van der Waals surface area contributed by atoms with Crippen LogP contribution in [0.1, 0.15) is 38.3 Å². The Morgan fingerprint density at radius 3 is 2.71 bits per heavy atom. The fourth-order valence-corrected chi connectivity index (χ4v) is 3.80. The second-order valence-corrected chi connectivity index (χ2v) is 6.67. The van der Waals surface area contributed by atoms with Gasteiger partial charge in [0.25, 0.3) is 5.56 Å². The smallest absolute Gasteiger partial charge is 0.254 e. The predicted octanol–water partition coefficient (Wildman–Crippen LogP) is 1.97. The van der Waals surface area contributed by atoms with Crippen molar-refractivity contribution in [2.75, 3.05) is 13.1 Å². The molecule has 0 N–H and O–H groups in total. The van der Waals surface area contributed by atoms with Crippen molar-refractivity contribution in [1.82, 2.24) is 14.5 Å². The average molecular weight is 309 g/mol. The van der Waals surface area contributed by atoms with Crippen LogP contribution >= 0.6 is 11.8 Å². The van der Waals surface area contributed by atoms with Crippen molar-refractivity contribution >= 4 is 17.7 Å². The number of hydrogen-bond donors (Lipinski definition) is 0. The van der Waals surface area contributed by atoms with Crippen molar-refractivity contribution in [3.8, 4) is 0 Å². The maximum absolute atomic E-state index is 12.6. The molecule has 1 amide bonds. The van der Waals surface area contributed by atoms with E-state index in [0.717, 1.165) is 38.8 Å². The second kappa shape index (κ2) is 7.11. The summed E-state index contributed by atoms with van der Waals surface area (Å²) in [6.45, 7) is 5.61. The molecule has 116 valence electrons. The van der Waals surface area contributed by atoms with Gasteiger partial charge in [-0.1, -0.05) is 25.1 Å². The average Bonchev–Trinajstić information content (AvgIpc) is 2.97. The van der Waals surface area contributed by atoms with Crippen LogP contribution in [0.15, 0.2) is 16.0 Å². The number of thioether (sulfide) groups is 1. The molecule has 2 heterocycles. The SMILES string of the molecule is CCCC(Sc1nc(C)cc(=O)n1C)C(=O)N1CCCC1. The van der Waals surface area contributed by atoms with E-state index in [4.69, 9.17) is 0 Å². The number of carbonyl (C=O) groups excluding carboxylic acids is 1. The molecule has 1 aromatic heterocycles. The van der Waals surface area contributed by atoms with Crippen molar-refractivity contribution in [2.45, 2.75) is 49.9 Å². The van der Waals surface area contributed by atoms with Crippen LogP contribution in [-0.2, 0) is 11.8 Å². The summed E-state index contributed by atoms with van der Waals surface area (Å²) >= 11 is 1.42. The Morgan fingerprint density at radius 1 is 1.43 bits per heavy atom. The lowest BCUT2D eigenvalue weighted by molar-refractivity contribution is -0.129. The molecule has 1 fully saturated rings. The molecule has 1 unspecified atom stereocenters.